The number of hydrogen-bond acceptors (Lipinski definition) is 4. The molecule has 29 heavy (non-hydrogen) atoms. The Morgan fingerprint density at radius 3 is 2.62 bits per heavy atom. The Labute approximate surface area is 172 Å². The van der Waals surface area contributed by atoms with Gasteiger partial charge in [0.2, 0.25) is 0 Å². The van der Waals surface area contributed by atoms with Crippen molar-refractivity contribution in [1.82, 2.24) is 25.0 Å². The Morgan fingerprint density at radius 2 is 1.93 bits per heavy atom. The second-order valence-corrected chi connectivity index (χ2v) is 7.19. The Bertz CT molecular complexity index is 975. The van der Waals surface area contributed by atoms with Gasteiger partial charge in [0, 0.05) is 30.2 Å². The quantitative estimate of drug-likeness (QED) is 0.560. The highest BCUT2D eigenvalue weighted by Crippen LogP contribution is 2.26. The fraction of sp³-hybridized carbons (Fsp3) is 0.435. The van der Waals surface area contributed by atoms with Crippen molar-refractivity contribution in [2.75, 3.05) is 26.2 Å². The van der Waals surface area contributed by atoms with Crippen molar-refractivity contribution in [2.45, 2.75) is 40.7 Å². The number of hydrogen-bond donors (Lipinski definition) is 1. The first-order valence-electron chi connectivity index (χ1n) is 10.5. The third-order valence-corrected chi connectivity index (χ3v) is 5.34. The average molecular weight is 394 g/mol. The highest BCUT2D eigenvalue weighted by molar-refractivity contribution is 6.07. The summed E-state index contributed by atoms with van der Waals surface area (Å²) in [5.74, 6) is -0.0510. The fourth-order valence-corrected chi connectivity index (χ4v) is 3.57. The summed E-state index contributed by atoms with van der Waals surface area (Å²) in [4.78, 5) is 20.2. The molecule has 1 aromatic carbocycles. The topological polar surface area (TPSA) is 63.1 Å². The minimum atomic E-state index is -0.0510. The van der Waals surface area contributed by atoms with E-state index in [0.717, 1.165) is 60.5 Å². The van der Waals surface area contributed by atoms with E-state index >= 15 is 0 Å². The van der Waals surface area contributed by atoms with Crippen molar-refractivity contribution in [3.8, 4) is 11.3 Å². The van der Waals surface area contributed by atoms with Gasteiger partial charge in [0.1, 0.15) is 0 Å². The van der Waals surface area contributed by atoms with Crippen LogP contribution in [-0.4, -0.2) is 51.8 Å². The number of benzene rings is 1. The van der Waals surface area contributed by atoms with E-state index in [1.165, 1.54) is 0 Å². The van der Waals surface area contributed by atoms with Gasteiger partial charge in [0.25, 0.3) is 5.91 Å². The molecule has 0 fully saturated rings. The maximum atomic E-state index is 13.0. The Kier molecular flexibility index (Phi) is 6.99. The first kappa shape index (κ1) is 21.0. The summed E-state index contributed by atoms with van der Waals surface area (Å²) in [6, 6.07) is 9.70. The lowest BCUT2D eigenvalue weighted by atomic mass is 10.0. The normalized spacial score (nSPS) is 11.3. The van der Waals surface area contributed by atoms with E-state index in [1.54, 1.807) is 0 Å². The molecule has 6 nitrogen and oxygen atoms in total. The van der Waals surface area contributed by atoms with Crippen LogP contribution in [-0.2, 0) is 6.54 Å². The van der Waals surface area contributed by atoms with Gasteiger partial charge in [-0.2, -0.15) is 5.10 Å². The summed E-state index contributed by atoms with van der Waals surface area (Å²) in [5.41, 5.74) is 4.15. The molecule has 1 N–H and O–H groups in total. The third kappa shape index (κ3) is 4.82. The van der Waals surface area contributed by atoms with Gasteiger partial charge >= 0.3 is 0 Å². The third-order valence-electron chi connectivity index (χ3n) is 5.34. The number of nitrogens with zero attached hydrogens (tertiary/aromatic N) is 4. The monoisotopic (exact) mass is 393 g/mol. The number of rotatable bonds is 9. The Morgan fingerprint density at radius 1 is 1.17 bits per heavy atom. The summed E-state index contributed by atoms with van der Waals surface area (Å²) in [6.45, 7) is 12.9. The lowest BCUT2D eigenvalue weighted by Gasteiger charge is -2.17. The average Bonchev–Trinajstić information content (AvgIpc) is 3.13. The van der Waals surface area contributed by atoms with Gasteiger partial charge in [-0.15, -0.1) is 0 Å². The summed E-state index contributed by atoms with van der Waals surface area (Å²) in [6.07, 6.45) is 2.93. The van der Waals surface area contributed by atoms with Crippen molar-refractivity contribution in [1.29, 1.82) is 0 Å². The van der Waals surface area contributed by atoms with E-state index in [4.69, 9.17) is 4.98 Å². The van der Waals surface area contributed by atoms with Crippen molar-refractivity contribution in [3.05, 3.63) is 47.8 Å². The Balaban J connectivity index is 1.86. The lowest BCUT2D eigenvalue weighted by molar-refractivity contribution is 0.0953. The van der Waals surface area contributed by atoms with Crippen LogP contribution < -0.4 is 5.32 Å². The first-order valence-corrected chi connectivity index (χ1v) is 10.5. The van der Waals surface area contributed by atoms with Crippen LogP contribution in [0.25, 0.3) is 22.2 Å². The molecule has 3 rings (SSSR count). The molecule has 0 aliphatic rings. The molecule has 2 heterocycles. The van der Waals surface area contributed by atoms with E-state index < -0.39 is 0 Å². The summed E-state index contributed by atoms with van der Waals surface area (Å²) < 4.78 is 1.90. The number of pyridine rings is 1. The number of fused-ring (bicyclic) bond motifs is 1. The molecular weight excluding hydrogens is 362 g/mol. The molecule has 0 saturated carbocycles. The summed E-state index contributed by atoms with van der Waals surface area (Å²) >= 11 is 0. The highest BCUT2D eigenvalue weighted by atomic mass is 16.1. The zero-order valence-corrected chi connectivity index (χ0v) is 17.9. The molecule has 0 bridgehead atoms. The molecule has 1 amide bonds. The Hall–Kier alpha value is -2.73. The first-order chi connectivity index (χ1) is 14.1. The van der Waals surface area contributed by atoms with E-state index in [2.05, 4.69) is 36.1 Å². The number of para-hydroxylation sites is 1. The van der Waals surface area contributed by atoms with Crippen LogP contribution >= 0.6 is 0 Å². The number of carbonyl (C=O) groups is 1. The van der Waals surface area contributed by atoms with Crippen LogP contribution in [0, 0.1) is 6.92 Å². The number of amides is 1. The summed E-state index contributed by atoms with van der Waals surface area (Å²) in [7, 11) is 0. The van der Waals surface area contributed by atoms with Crippen molar-refractivity contribution >= 4 is 16.8 Å². The smallest absolute Gasteiger partial charge is 0.252 e. The minimum absolute atomic E-state index is 0.0510. The second-order valence-electron chi connectivity index (χ2n) is 7.19. The van der Waals surface area contributed by atoms with Crippen LogP contribution in [0.2, 0.25) is 0 Å². The molecule has 0 aliphatic heterocycles. The predicted octanol–water partition coefficient (Wildman–Crippen LogP) is 3.89. The zero-order chi connectivity index (χ0) is 20.8. The van der Waals surface area contributed by atoms with Gasteiger partial charge in [-0.05, 0) is 52.0 Å². The molecule has 6 heteroatoms. The van der Waals surface area contributed by atoms with Gasteiger partial charge in [0.05, 0.1) is 22.5 Å². The van der Waals surface area contributed by atoms with Crippen LogP contribution in [0.5, 0.6) is 0 Å². The molecule has 0 aliphatic carbocycles. The fourth-order valence-electron chi connectivity index (χ4n) is 3.57. The maximum Gasteiger partial charge on any atom is 0.252 e. The van der Waals surface area contributed by atoms with Gasteiger partial charge in [-0.1, -0.05) is 32.0 Å². The van der Waals surface area contributed by atoms with Gasteiger partial charge < -0.3 is 10.2 Å². The molecule has 0 atom stereocenters. The predicted molar refractivity (Wildman–Crippen MR) is 118 cm³/mol. The lowest BCUT2D eigenvalue weighted by Crippen LogP contribution is -2.30. The largest absolute Gasteiger partial charge is 0.352 e. The SMILES string of the molecule is CCN(CC)CCCNC(=O)c1cc(-c2cn(CC)nc2C)nc2ccccc12. The second kappa shape index (κ2) is 9.65. The van der Waals surface area contributed by atoms with E-state index in [-0.39, 0.29) is 5.91 Å². The zero-order valence-electron chi connectivity index (χ0n) is 17.9. The summed E-state index contributed by atoms with van der Waals surface area (Å²) in [5, 5.41) is 8.49. The molecule has 0 saturated heterocycles. The number of carbonyl (C=O) groups excluding carboxylic acids is 1. The minimum Gasteiger partial charge on any atom is -0.352 e. The van der Waals surface area contributed by atoms with E-state index in [1.807, 2.05) is 48.1 Å². The van der Waals surface area contributed by atoms with Crippen molar-refractivity contribution in [2.24, 2.45) is 0 Å². The molecule has 0 unspecified atom stereocenters. The van der Waals surface area contributed by atoms with Crippen LogP contribution in [0.3, 0.4) is 0 Å². The molecule has 154 valence electrons. The van der Waals surface area contributed by atoms with Crippen LogP contribution in [0.15, 0.2) is 36.5 Å². The standard InChI is InChI=1S/C23H31N5O/c1-5-27(6-2)14-10-13-24-23(29)19-15-22(20-16-28(7-3)26-17(20)4)25-21-12-9-8-11-18(19)21/h8-9,11-12,15-16H,5-7,10,13-14H2,1-4H3,(H,24,29). The van der Waals surface area contributed by atoms with Gasteiger partial charge in [0.15, 0.2) is 0 Å². The molecule has 3 aromatic rings. The molecule has 0 radical (unpaired) electrons. The number of aromatic nitrogens is 3. The molecule has 2 aromatic heterocycles. The molecular formula is C23H31N5O. The highest BCUT2D eigenvalue weighted by Gasteiger charge is 2.16. The van der Waals surface area contributed by atoms with Crippen LogP contribution in [0.4, 0.5) is 0 Å². The van der Waals surface area contributed by atoms with Crippen molar-refractivity contribution < 1.29 is 4.79 Å². The van der Waals surface area contributed by atoms with Crippen molar-refractivity contribution in [3.63, 3.8) is 0 Å². The number of aryl methyl sites for hydroxylation is 2. The number of nitrogens with one attached hydrogen (secondary N) is 1. The van der Waals surface area contributed by atoms with Gasteiger partial charge in [-0.3, -0.25) is 9.48 Å². The molecule has 0 spiro atoms. The van der Waals surface area contributed by atoms with E-state index in [0.29, 0.717) is 12.1 Å². The van der Waals surface area contributed by atoms with Crippen LogP contribution in [0.1, 0.15) is 43.2 Å². The van der Waals surface area contributed by atoms with E-state index in [9.17, 15) is 4.79 Å². The maximum absolute atomic E-state index is 13.0. The van der Waals surface area contributed by atoms with Gasteiger partial charge in [-0.25, -0.2) is 4.98 Å².